The first kappa shape index (κ1) is 12.7. The van der Waals surface area contributed by atoms with Gasteiger partial charge in [-0.05, 0) is 12.1 Å². The van der Waals surface area contributed by atoms with Crippen molar-refractivity contribution in [3.8, 4) is 11.5 Å². The van der Waals surface area contributed by atoms with Crippen molar-refractivity contribution in [3.05, 3.63) is 23.8 Å². The molecule has 18 heavy (non-hydrogen) atoms. The molecule has 1 aromatic carbocycles. The van der Waals surface area contributed by atoms with Crippen molar-refractivity contribution in [2.45, 2.75) is 5.54 Å². The standard InChI is InChI=1S/C12H15NO5/c1-17-5-4-13-12(11(15)16)7-18-10-6-8(14)2-3-9(10)12/h2-3,6,13-14H,4-5,7H2,1H3,(H,15,16). The monoisotopic (exact) mass is 253 g/mol. The second-order valence-corrected chi connectivity index (χ2v) is 4.10. The van der Waals surface area contributed by atoms with Crippen molar-refractivity contribution < 1.29 is 24.5 Å². The van der Waals surface area contributed by atoms with Crippen molar-refractivity contribution in [2.24, 2.45) is 0 Å². The third-order valence-electron chi connectivity index (χ3n) is 2.97. The highest BCUT2D eigenvalue weighted by Crippen LogP contribution is 2.39. The van der Waals surface area contributed by atoms with Crippen LogP contribution in [0, 0.1) is 0 Å². The van der Waals surface area contributed by atoms with E-state index in [1.165, 1.54) is 12.1 Å². The fraction of sp³-hybridized carbons (Fsp3) is 0.417. The highest BCUT2D eigenvalue weighted by molar-refractivity contribution is 5.83. The molecule has 0 aliphatic carbocycles. The van der Waals surface area contributed by atoms with Crippen LogP contribution in [0.15, 0.2) is 18.2 Å². The zero-order valence-corrected chi connectivity index (χ0v) is 9.97. The molecule has 0 saturated heterocycles. The van der Waals surface area contributed by atoms with E-state index in [-0.39, 0.29) is 12.4 Å². The Morgan fingerprint density at radius 1 is 1.61 bits per heavy atom. The van der Waals surface area contributed by atoms with Gasteiger partial charge in [-0.3, -0.25) is 5.32 Å². The van der Waals surface area contributed by atoms with Gasteiger partial charge >= 0.3 is 5.97 Å². The number of aliphatic carboxylic acids is 1. The van der Waals surface area contributed by atoms with Gasteiger partial charge in [0.2, 0.25) is 0 Å². The smallest absolute Gasteiger partial charge is 0.332 e. The molecule has 1 aromatic rings. The van der Waals surface area contributed by atoms with E-state index < -0.39 is 11.5 Å². The Balaban J connectivity index is 2.31. The number of fused-ring (bicyclic) bond motifs is 1. The number of carboxylic acids is 1. The Kier molecular flexibility index (Phi) is 3.40. The van der Waals surface area contributed by atoms with E-state index >= 15 is 0 Å². The molecule has 0 amide bonds. The maximum atomic E-state index is 11.5. The second-order valence-electron chi connectivity index (χ2n) is 4.10. The molecule has 0 bridgehead atoms. The predicted molar refractivity (Wildman–Crippen MR) is 62.8 cm³/mol. The summed E-state index contributed by atoms with van der Waals surface area (Å²) in [5.74, 6) is -0.572. The summed E-state index contributed by atoms with van der Waals surface area (Å²) >= 11 is 0. The molecule has 1 atom stereocenters. The average Bonchev–Trinajstić information content (AvgIpc) is 2.69. The van der Waals surface area contributed by atoms with E-state index in [4.69, 9.17) is 9.47 Å². The largest absolute Gasteiger partial charge is 0.508 e. The first-order valence-electron chi connectivity index (χ1n) is 5.54. The van der Waals surface area contributed by atoms with Crippen LogP contribution in [-0.2, 0) is 15.1 Å². The highest BCUT2D eigenvalue weighted by Gasteiger charge is 2.47. The molecule has 0 fully saturated rings. The fourth-order valence-corrected chi connectivity index (χ4v) is 2.01. The Bertz CT molecular complexity index is 462. The van der Waals surface area contributed by atoms with Gasteiger partial charge in [0, 0.05) is 25.3 Å². The maximum Gasteiger partial charge on any atom is 0.332 e. The summed E-state index contributed by atoms with van der Waals surface area (Å²) in [6.07, 6.45) is 0. The fourth-order valence-electron chi connectivity index (χ4n) is 2.01. The Hall–Kier alpha value is -1.79. The molecular weight excluding hydrogens is 238 g/mol. The van der Waals surface area contributed by atoms with Gasteiger partial charge in [-0.25, -0.2) is 4.79 Å². The number of hydrogen-bond donors (Lipinski definition) is 3. The summed E-state index contributed by atoms with van der Waals surface area (Å²) in [4.78, 5) is 11.5. The zero-order chi connectivity index (χ0) is 13.2. The van der Waals surface area contributed by atoms with E-state index in [1.807, 2.05) is 0 Å². The van der Waals surface area contributed by atoms with Crippen LogP contribution >= 0.6 is 0 Å². The molecule has 0 saturated carbocycles. The number of methoxy groups -OCH3 is 1. The number of carbonyl (C=O) groups is 1. The van der Waals surface area contributed by atoms with Crippen molar-refractivity contribution >= 4 is 5.97 Å². The van der Waals surface area contributed by atoms with Crippen LogP contribution in [0.5, 0.6) is 11.5 Å². The van der Waals surface area contributed by atoms with Gasteiger partial charge in [-0.2, -0.15) is 0 Å². The Labute approximate surface area is 104 Å². The third-order valence-corrected chi connectivity index (χ3v) is 2.97. The summed E-state index contributed by atoms with van der Waals surface area (Å²) in [6, 6.07) is 4.42. The average molecular weight is 253 g/mol. The second kappa shape index (κ2) is 4.83. The first-order chi connectivity index (χ1) is 8.60. The van der Waals surface area contributed by atoms with Crippen LogP contribution < -0.4 is 10.1 Å². The van der Waals surface area contributed by atoms with Crippen molar-refractivity contribution in [1.82, 2.24) is 5.32 Å². The molecule has 1 heterocycles. The van der Waals surface area contributed by atoms with Gasteiger partial charge < -0.3 is 19.7 Å². The SMILES string of the molecule is COCCNC1(C(=O)O)COc2cc(O)ccc21. The lowest BCUT2D eigenvalue weighted by molar-refractivity contribution is -0.145. The first-order valence-corrected chi connectivity index (χ1v) is 5.54. The number of carboxylic acid groups (broad SMARTS) is 1. The molecule has 6 nitrogen and oxygen atoms in total. The predicted octanol–water partition coefficient (Wildman–Crippen LogP) is 0.300. The van der Waals surface area contributed by atoms with Gasteiger partial charge in [0.1, 0.15) is 18.1 Å². The van der Waals surface area contributed by atoms with E-state index in [1.54, 1.807) is 13.2 Å². The van der Waals surface area contributed by atoms with Crippen molar-refractivity contribution in [3.63, 3.8) is 0 Å². The molecule has 6 heteroatoms. The van der Waals surface area contributed by atoms with Crippen LogP contribution in [0.3, 0.4) is 0 Å². The maximum absolute atomic E-state index is 11.5. The van der Waals surface area contributed by atoms with Crippen LogP contribution in [0.4, 0.5) is 0 Å². The Morgan fingerprint density at radius 3 is 3.06 bits per heavy atom. The number of aromatic hydroxyl groups is 1. The summed E-state index contributed by atoms with van der Waals surface area (Å²) < 4.78 is 10.2. The molecule has 1 aliphatic rings. The molecule has 3 N–H and O–H groups in total. The van der Waals surface area contributed by atoms with Gasteiger partial charge in [0.15, 0.2) is 5.54 Å². The van der Waals surface area contributed by atoms with Crippen LogP contribution in [0.1, 0.15) is 5.56 Å². The third kappa shape index (κ3) is 2.00. The van der Waals surface area contributed by atoms with Crippen LogP contribution in [0.2, 0.25) is 0 Å². The van der Waals surface area contributed by atoms with Gasteiger partial charge in [-0.1, -0.05) is 0 Å². The topological polar surface area (TPSA) is 88.0 Å². The van der Waals surface area contributed by atoms with Crippen LogP contribution in [-0.4, -0.2) is 43.1 Å². The summed E-state index contributed by atoms with van der Waals surface area (Å²) in [5, 5.41) is 21.7. The highest BCUT2D eigenvalue weighted by atomic mass is 16.5. The van der Waals surface area contributed by atoms with E-state index in [2.05, 4.69) is 5.32 Å². The van der Waals surface area contributed by atoms with E-state index in [9.17, 15) is 15.0 Å². The van der Waals surface area contributed by atoms with Gasteiger partial charge in [0.25, 0.3) is 0 Å². The lowest BCUT2D eigenvalue weighted by atomic mass is 9.92. The minimum Gasteiger partial charge on any atom is -0.508 e. The molecule has 2 rings (SSSR count). The number of rotatable bonds is 5. The normalized spacial score (nSPS) is 21.4. The van der Waals surface area contributed by atoms with E-state index in [0.717, 1.165) is 0 Å². The summed E-state index contributed by atoms with van der Waals surface area (Å²) in [5.41, 5.74) is -0.759. The molecule has 0 spiro atoms. The minimum atomic E-state index is -1.28. The number of nitrogens with one attached hydrogen (secondary N) is 1. The number of benzene rings is 1. The molecule has 1 aliphatic heterocycles. The molecule has 1 unspecified atom stereocenters. The molecule has 98 valence electrons. The quantitative estimate of drug-likeness (QED) is 0.654. The van der Waals surface area contributed by atoms with Crippen molar-refractivity contribution in [1.29, 1.82) is 0 Å². The zero-order valence-electron chi connectivity index (χ0n) is 9.97. The van der Waals surface area contributed by atoms with Gasteiger partial charge in [0.05, 0.1) is 6.61 Å². The lowest BCUT2D eigenvalue weighted by Crippen LogP contribution is -2.51. The van der Waals surface area contributed by atoms with Gasteiger partial charge in [-0.15, -0.1) is 0 Å². The lowest BCUT2D eigenvalue weighted by Gasteiger charge is -2.24. The number of hydrogen-bond acceptors (Lipinski definition) is 5. The number of ether oxygens (including phenoxy) is 2. The molecule has 0 aromatic heterocycles. The summed E-state index contributed by atoms with van der Waals surface area (Å²) in [6.45, 7) is 0.791. The van der Waals surface area contributed by atoms with E-state index in [0.29, 0.717) is 24.5 Å². The number of phenolic OH excluding ortho intramolecular Hbond substituents is 1. The Morgan fingerprint density at radius 2 is 2.39 bits per heavy atom. The molecule has 0 radical (unpaired) electrons. The molecular formula is C12H15NO5. The number of phenols is 1. The summed E-state index contributed by atoms with van der Waals surface area (Å²) in [7, 11) is 1.55. The minimum absolute atomic E-state index is 0.00909. The van der Waals surface area contributed by atoms with Crippen LogP contribution in [0.25, 0.3) is 0 Å². The van der Waals surface area contributed by atoms with Crippen molar-refractivity contribution in [2.75, 3.05) is 26.9 Å².